The van der Waals surface area contributed by atoms with Crippen LogP contribution in [0.3, 0.4) is 0 Å². The van der Waals surface area contributed by atoms with Gasteiger partial charge in [0.2, 0.25) is 0 Å². The molecule has 0 aromatic carbocycles. The van der Waals surface area contributed by atoms with Crippen LogP contribution in [0, 0.1) is 5.92 Å². The van der Waals surface area contributed by atoms with Gasteiger partial charge < -0.3 is 20.1 Å². The van der Waals surface area contributed by atoms with E-state index in [9.17, 15) is 14.7 Å². The average molecular weight is 284 g/mol. The molecule has 2 rings (SSSR count). The van der Waals surface area contributed by atoms with Crippen molar-refractivity contribution >= 4 is 12.0 Å². The highest BCUT2D eigenvalue weighted by atomic mass is 16.5. The molecule has 20 heavy (non-hydrogen) atoms. The van der Waals surface area contributed by atoms with E-state index < -0.39 is 11.5 Å². The molecule has 2 atom stereocenters. The van der Waals surface area contributed by atoms with Crippen molar-refractivity contribution < 1.29 is 19.4 Å². The second-order valence-corrected chi connectivity index (χ2v) is 5.70. The molecule has 0 saturated carbocycles. The van der Waals surface area contributed by atoms with Crippen LogP contribution in [0.1, 0.15) is 39.0 Å². The standard InChI is InChI=1S/C14H24N2O4/c1-2-14(12(17)18)6-3-8-16(14)13(19)15-7-4-11-5-9-20-10-11/h11H,2-10H2,1H3,(H,15,19)(H,17,18). The third kappa shape index (κ3) is 2.90. The lowest BCUT2D eigenvalue weighted by molar-refractivity contribution is -0.148. The number of nitrogens with zero attached hydrogens (tertiary/aromatic N) is 1. The van der Waals surface area contributed by atoms with Gasteiger partial charge in [0.05, 0.1) is 0 Å². The smallest absolute Gasteiger partial charge is 0.329 e. The number of carboxylic acids is 1. The maximum Gasteiger partial charge on any atom is 0.329 e. The van der Waals surface area contributed by atoms with Crippen molar-refractivity contribution in [3.05, 3.63) is 0 Å². The molecule has 2 aliphatic rings. The van der Waals surface area contributed by atoms with E-state index in [1.165, 1.54) is 4.90 Å². The molecular formula is C14H24N2O4. The fourth-order valence-corrected chi connectivity index (χ4v) is 3.21. The molecule has 2 amide bonds. The third-order valence-electron chi connectivity index (χ3n) is 4.57. The highest BCUT2D eigenvalue weighted by Gasteiger charge is 2.48. The predicted octanol–water partition coefficient (Wildman–Crippen LogP) is 1.45. The lowest BCUT2D eigenvalue weighted by Gasteiger charge is -2.33. The van der Waals surface area contributed by atoms with E-state index >= 15 is 0 Å². The van der Waals surface area contributed by atoms with Gasteiger partial charge >= 0.3 is 12.0 Å². The maximum atomic E-state index is 12.2. The predicted molar refractivity (Wildman–Crippen MR) is 73.5 cm³/mol. The molecule has 0 bridgehead atoms. The van der Waals surface area contributed by atoms with E-state index in [4.69, 9.17) is 4.74 Å². The normalized spacial score (nSPS) is 29.6. The first-order valence-electron chi connectivity index (χ1n) is 7.47. The van der Waals surface area contributed by atoms with E-state index in [0.29, 0.717) is 31.8 Å². The molecule has 2 N–H and O–H groups in total. The van der Waals surface area contributed by atoms with E-state index in [0.717, 1.165) is 32.5 Å². The number of carbonyl (C=O) groups is 2. The molecule has 2 heterocycles. The third-order valence-corrected chi connectivity index (χ3v) is 4.57. The Kier molecular flexibility index (Phi) is 4.86. The number of urea groups is 1. The van der Waals surface area contributed by atoms with Gasteiger partial charge in [-0.25, -0.2) is 9.59 Å². The van der Waals surface area contributed by atoms with Crippen molar-refractivity contribution in [2.24, 2.45) is 5.92 Å². The highest BCUT2D eigenvalue weighted by Crippen LogP contribution is 2.32. The van der Waals surface area contributed by atoms with E-state index in [2.05, 4.69) is 5.32 Å². The number of likely N-dealkylation sites (tertiary alicyclic amines) is 1. The Morgan fingerprint density at radius 2 is 2.30 bits per heavy atom. The second-order valence-electron chi connectivity index (χ2n) is 5.70. The number of carbonyl (C=O) groups excluding carboxylic acids is 1. The van der Waals surface area contributed by atoms with Crippen LogP contribution in [-0.2, 0) is 9.53 Å². The Balaban J connectivity index is 1.85. The van der Waals surface area contributed by atoms with Crippen molar-refractivity contribution in [2.45, 2.75) is 44.6 Å². The van der Waals surface area contributed by atoms with Crippen LogP contribution in [0.4, 0.5) is 4.79 Å². The van der Waals surface area contributed by atoms with E-state index in [1.807, 2.05) is 6.92 Å². The number of amides is 2. The molecule has 6 heteroatoms. The summed E-state index contributed by atoms with van der Waals surface area (Å²) in [6, 6.07) is -0.245. The lowest BCUT2D eigenvalue weighted by Crippen LogP contribution is -2.55. The van der Waals surface area contributed by atoms with Gasteiger partial charge in [-0.05, 0) is 38.0 Å². The van der Waals surface area contributed by atoms with Gasteiger partial charge in [-0.2, -0.15) is 0 Å². The van der Waals surface area contributed by atoms with Gasteiger partial charge in [-0.15, -0.1) is 0 Å². The van der Waals surface area contributed by atoms with Crippen LogP contribution in [0.25, 0.3) is 0 Å². The van der Waals surface area contributed by atoms with Gasteiger partial charge in [-0.1, -0.05) is 6.92 Å². The van der Waals surface area contributed by atoms with E-state index in [1.54, 1.807) is 0 Å². The average Bonchev–Trinajstić information content (AvgIpc) is 3.07. The molecule has 114 valence electrons. The molecule has 0 aliphatic carbocycles. The topological polar surface area (TPSA) is 78.9 Å². The Labute approximate surface area is 119 Å². The summed E-state index contributed by atoms with van der Waals surface area (Å²) in [6.45, 7) is 4.52. The van der Waals surface area contributed by atoms with Crippen molar-refractivity contribution in [3.8, 4) is 0 Å². The minimum absolute atomic E-state index is 0.245. The number of nitrogens with one attached hydrogen (secondary N) is 1. The molecule has 2 aliphatic heterocycles. The Hall–Kier alpha value is -1.30. The molecule has 0 spiro atoms. The molecule has 0 aromatic heterocycles. The first-order valence-corrected chi connectivity index (χ1v) is 7.47. The molecular weight excluding hydrogens is 260 g/mol. The molecule has 2 saturated heterocycles. The number of hydrogen-bond acceptors (Lipinski definition) is 3. The zero-order chi connectivity index (χ0) is 14.6. The van der Waals surface area contributed by atoms with Gasteiger partial charge in [0.25, 0.3) is 0 Å². The number of hydrogen-bond donors (Lipinski definition) is 2. The fourth-order valence-electron chi connectivity index (χ4n) is 3.21. The minimum atomic E-state index is -1.01. The fraction of sp³-hybridized carbons (Fsp3) is 0.857. The summed E-state index contributed by atoms with van der Waals surface area (Å²) in [5.41, 5.74) is -1.01. The Morgan fingerprint density at radius 3 is 2.90 bits per heavy atom. The minimum Gasteiger partial charge on any atom is -0.479 e. The van der Waals surface area contributed by atoms with Crippen LogP contribution in [0.15, 0.2) is 0 Å². The van der Waals surface area contributed by atoms with Crippen LogP contribution in [0.5, 0.6) is 0 Å². The Morgan fingerprint density at radius 1 is 1.50 bits per heavy atom. The first-order chi connectivity index (χ1) is 9.60. The quantitative estimate of drug-likeness (QED) is 0.801. The van der Waals surface area contributed by atoms with Gasteiger partial charge in [-0.3, -0.25) is 0 Å². The Bertz CT molecular complexity index is 368. The second kappa shape index (κ2) is 6.43. The van der Waals surface area contributed by atoms with Gasteiger partial charge in [0.15, 0.2) is 0 Å². The largest absolute Gasteiger partial charge is 0.479 e. The summed E-state index contributed by atoms with van der Waals surface area (Å²) in [7, 11) is 0. The van der Waals surface area contributed by atoms with Crippen LogP contribution < -0.4 is 5.32 Å². The number of ether oxygens (including phenoxy) is 1. The molecule has 2 fully saturated rings. The number of aliphatic carboxylic acids is 1. The van der Waals surface area contributed by atoms with Crippen LogP contribution >= 0.6 is 0 Å². The van der Waals surface area contributed by atoms with Crippen molar-refractivity contribution in [1.29, 1.82) is 0 Å². The zero-order valence-electron chi connectivity index (χ0n) is 12.1. The molecule has 0 radical (unpaired) electrons. The molecule has 6 nitrogen and oxygen atoms in total. The summed E-state index contributed by atoms with van der Waals surface area (Å²) in [6.07, 6.45) is 3.69. The summed E-state index contributed by atoms with van der Waals surface area (Å²) in [5, 5.41) is 12.3. The monoisotopic (exact) mass is 284 g/mol. The first kappa shape index (κ1) is 15.1. The zero-order valence-corrected chi connectivity index (χ0v) is 12.1. The number of rotatable bonds is 5. The van der Waals surface area contributed by atoms with Crippen molar-refractivity contribution in [3.63, 3.8) is 0 Å². The van der Waals surface area contributed by atoms with Gasteiger partial charge in [0, 0.05) is 26.3 Å². The maximum absolute atomic E-state index is 12.2. The van der Waals surface area contributed by atoms with Gasteiger partial charge in [0.1, 0.15) is 5.54 Å². The van der Waals surface area contributed by atoms with Crippen molar-refractivity contribution in [2.75, 3.05) is 26.3 Å². The van der Waals surface area contributed by atoms with E-state index in [-0.39, 0.29) is 6.03 Å². The van der Waals surface area contributed by atoms with Crippen LogP contribution in [0.2, 0.25) is 0 Å². The molecule has 2 unspecified atom stereocenters. The summed E-state index contributed by atoms with van der Waals surface area (Å²) < 4.78 is 5.30. The SMILES string of the molecule is CCC1(C(=O)O)CCCN1C(=O)NCCC1CCOC1. The summed E-state index contributed by atoms with van der Waals surface area (Å²) in [4.78, 5) is 25.2. The molecule has 0 aromatic rings. The number of carboxylic acid groups (broad SMARTS) is 1. The highest BCUT2D eigenvalue weighted by molar-refractivity contribution is 5.87. The van der Waals surface area contributed by atoms with Crippen molar-refractivity contribution in [1.82, 2.24) is 10.2 Å². The summed E-state index contributed by atoms with van der Waals surface area (Å²) >= 11 is 0. The summed E-state index contributed by atoms with van der Waals surface area (Å²) in [5.74, 6) is -0.374. The van der Waals surface area contributed by atoms with Crippen LogP contribution in [-0.4, -0.2) is 53.8 Å². The lowest BCUT2D eigenvalue weighted by atomic mass is 9.93.